The standard InChI is InChI=1S/C24H17N3O6S2/c1-15-2-9-19(10-3-15)34-21-11-6-17(12-20(21)27(32)33)13-22-23(28)25(24(29)35-22)14-16-4-7-18(8-5-16)26(30)31/h2-13H,14H2,1H3/b22-13-. The summed E-state index contributed by atoms with van der Waals surface area (Å²) in [6.07, 6.45) is 1.45. The van der Waals surface area contributed by atoms with Crippen molar-refractivity contribution in [2.75, 3.05) is 0 Å². The zero-order chi connectivity index (χ0) is 25.1. The molecule has 0 atom stereocenters. The van der Waals surface area contributed by atoms with Gasteiger partial charge in [0, 0.05) is 23.1 Å². The van der Waals surface area contributed by atoms with Crippen molar-refractivity contribution in [3.8, 4) is 0 Å². The number of hydrogen-bond donors (Lipinski definition) is 0. The summed E-state index contributed by atoms with van der Waals surface area (Å²) < 4.78 is 0. The van der Waals surface area contributed by atoms with Gasteiger partial charge in [0.05, 0.1) is 26.2 Å². The molecule has 1 aliphatic rings. The van der Waals surface area contributed by atoms with E-state index in [9.17, 15) is 29.8 Å². The molecule has 0 N–H and O–H groups in total. The summed E-state index contributed by atoms with van der Waals surface area (Å²) in [4.78, 5) is 49.2. The Balaban J connectivity index is 1.54. The van der Waals surface area contributed by atoms with Gasteiger partial charge in [-0.15, -0.1) is 0 Å². The van der Waals surface area contributed by atoms with Gasteiger partial charge in [-0.3, -0.25) is 34.7 Å². The second-order valence-electron chi connectivity index (χ2n) is 7.59. The number of carbonyl (C=O) groups is 2. The number of imide groups is 1. The third-order valence-corrected chi connectivity index (χ3v) is 7.07. The zero-order valence-electron chi connectivity index (χ0n) is 18.2. The average molecular weight is 508 g/mol. The molecule has 9 nitrogen and oxygen atoms in total. The number of benzene rings is 3. The Labute approximate surface area is 208 Å². The molecule has 3 aromatic rings. The maximum atomic E-state index is 12.8. The van der Waals surface area contributed by atoms with E-state index in [4.69, 9.17) is 0 Å². The molecular formula is C24H17N3O6S2. The summed E-state index contributed by atoms with van der Waals surface area (Å²) in [6.45, 7) is 1.92. The van der Waals surface area contributed by atoms with Crippen LogP contribution < -0.4 is 0 Å². The van der Waals surface area contributed by atoms with Crippen LogP contribution in [0.5, 0.6) is 0 Å². The van der Waals surface area contributed by atoms with Crippen LogP contribution in [-0.2, 0) is 11.3 Å². The molecule has 4 rings (SSSR count). The van der Waals surface area contributed by atoms with Crippen molar-refractivity contribution in [2.45, 2.75) is 23.3 Å². The Hall–Kier alpha value is -3.96. The molecule has 0 aliphatic carbocycles. The fourth-order valence-corrected chi connectivity index (χ4v) is 5.02. The minimum atomic E-state index is -0.531. The van der Waals surface area contributed by atoms with Gasteiger partial charge in [0.2, 0.25) is 0 Å². The highest BCUT2D eigenvalue weighted by atomic mass is 32.2. The quantitative estimate of drug-likeness (QED) is 0.210. The van der Waals surface area contributed by atoms with Gasteiger partial charge in [0.25, 0.3) is 22.5 Å². The van der Waals surface area contributed by atoms with E-state index in [1.807, 2.05) is 31.2 Å². The molecule has 0 aromatic heterocycles. The summed E-state index contributed by atoms with van der Waals surface area (Å²) in [6, 6.07) is 17.9. The summed E-state index contributed by atoms with van der Waals surface area (Å²) >= 11 is 2.01. The van der Waals surface area contributed by atoms with E-state index in [1.54, 1.807) is 12.1 Å². The van der Waals surface area contributed by atoms with E-state index < -0.39 is 21.0 Å². The summed E-state index contributed by atoms with van der Waals surface area (Å²) in [5.41, 5.74) is 1.88. The minimum absolute atomic E-state index is 0.0354. The van der Waals surface area contributed by atoms with Crippen LogP contribution in [0, 0.1) is 27.2 Å². The van der Waals surface area contributed by atoms with Gasteiger partial charge >= 0.3 is 0 Å². The molecule has 176 valence electrons. The Morgan fingerprint density at radius 1 is 0.943 bits per heavy atom. The maximum absolute atomic E-state index is 12.8. The Morgan fingerprint density at radius 3 is 2.26 bits per heavy atom. The average Bonchev–Trinajstić information content (AvgIpc) is 3.09. The van der Waals surface area contributed by atoms with Crippen molar-refractivity contribution in [1.82, 2.24) is 4.90 Å². The van der Waals surface area contributed by atoms with E-state index in [2.05, 4.69) is 0 Å². The molecule has 3 aromatic carbocycles. The lowest BCUT2D eigenvalue weighted by molar-refractivity contribution is -0.387. The van der Waals surface area contributed by atoms with E-state index in [1.165, 1.54) is 48.2 Å². The normalized spacial score (nSPS) is 14.5. The number of nitro groups is 2. The molecule has 0 saturated carbocycles. The van der Waals surface area contributed by atoms with Gasteiger partial charge in [0.15, 0.2) is 0 Å². The van der Waals surface area contributed by atoms with Crippen molar-refractivity contribution in [3.05, 3.63) is 109 Å². The molecule has 1 saturated heterocycles. The number of amides is 2. The number of nitro benzene ring substituents is 2. The number of nitrogens with zero attached hydrogens (tertiary/aromatic N) is 3. The molecule has 1 fully saturated rings. The first-order valence-corrected chi connectivity index (χ1v) is 11.9. The molecule has 2 amide bonds. The van der Waals surface area contributed by atoms with Crippen molar-refractivity contribution < 1.29 is 19.4 Å². The van der Waals surface area contributed by atoms with Gasteiger partial charge < -0.3 is 0 Å². The lowest BCUT2D eigenvalue weighted by Gasteiger charge is -2.12. The topological polar surface area (TPSA) is 124 Å². The number of thioether (sulfide) groups is 1. The number of aryl methyl sites for hydroxylation is 1. The lowest BCUT2D eigenvalue weighted by atomic mass is 10.1. The fourth-order valence-electron chi connectivity index (χ4n) is 3.28. The molecule has 0 spiro atoms. The molecule has 0 bridgehead atoms. The van der Waals surface area contributed by atoms with Gasteiger partial charge in [-0.2, -0.15) is 0 Å². The Morgan fingerprint density at radius 2 is 1.63 bits per heavy atom. The van der Waals surface area contributed by atoms with Crippen LogP contribution in [0.3, 0.4) is 0 Å². The van der Waals surface area contributed by atoms with Gasteiger partial charge in [-0.1, -0.05) is 47.7 Å². The van der Waals surface area contributed by atoms with Crippen LogP contribution in [0.2, 0.25) is 0 Å². The first-order chi connectivity index (χ1) is 16.7. The number of carbonyl (C=O) groups excluding carboxylic acids is 2. The predicted molar refractivity (Wildman–Crippen MR) is 133 cm³/mol. The number of rotatable bonds is 7. The van der Waals surface area contributed by atoms with Gasteiger partial charge in [-0.25, -0.2) is 0 Å². The molecule has 35 heavy (non-hydrogen) atoms. The molecule has 11 heteroatoms. The lowest BCUT2D eigenvalue weighted by Crippen LogP contribution is -2.27. The van der Waals surface area contributed by atoms with E-state index in [-0.39, 0.29) is 22.8 Å². The zero-order valence-corrected chi connectivity index (χ0v) is 19.9. The van der Waals surface area contributed by atoms with Crippen molar-refractivity contribution in [3.63, 3.8) is 0 Å². The third kappa shape index (κ3) is 5.58. The van der Waals surface area contributed by atoms with Gasteiger partial charge in [-0.05, 0) is 54.1 Å². The van der Waals surface area contributed by atoms with Crippen molar-refractivity contribution >= 4 is 52.1 Å². The van der Waals surface area contributed by atoms with Crippen LogP contribution in [0.4, 0.5) is 16.2 Å². The highest BCUT2D eigenvalue weighted by molar-refractivity contribution is 8.18. The third-order valence-electron chi connectivity index (χ3n) is 5.09. The van der Waals surface area contributed by atoms with Crippen LogP contribution in [0.15, 0.2) is 81.4 Å². The fraction of sp³-hybridized carbons (Fsp3) is 0.0833. The molecule has 1 aliphatic heterocycles. The maximum Gasteiger partial charge on any atom is 0.293 e. The van der Waals surface area contributed by atoms with Crippen LogP contribution in [0.25, 0.3) is 6.08 Å². The van der Waals surface area contributed by atoms with Gasteiger partial charge in [0.1, 0.15) is 0 Å². The monoisotopic (exact) mass is 507 g/mol. The minimum Gasteiger partial charge on any atom is -0.268 e. The first-order valence-electron chi connectivity index (χ1n) is 10.2. The molecule has 1 heterocycles. The summed E-state index contributed by atoms with van der Waals surface area (Å²) in [5, 5.41) is 22.0. The second kappa shape index (κ2) is 10.1. The molecular weight excluding hydrogens is 490 g/mol. The number of non-ortho nitro benzene ring substituents is 1. The van der Waals surface area contributed by atoms with E-state index in [0.717, 1.165) is 27.1 Å². The van der Waals surface area contributed by atoms with Crippen LogP contribution in [0.1, 0.15) is 16.7 Å². The SMILES string of the molecule is Cc1ccc(Sc2ccc(/C=C3\SC(=O)N(Cc4ccc([N+](=O)[O-])cc4)C3=O)cc2[N+](=O)[O-])cc1. The highest BCUT2D eigenvalue weighted by Crippen LogP contribution is 2.38. The Kier molecular flexibility index (Phi) is 6.99. The number of hydrogen-bond acceptors (Lipinski definition) is 8. The van der Waals surface area contributed by atoms with E-state index >= 15 is 0 Å². The largest absolute Gasteiger partial charge is 0.293 e. The van der Waals surface area contributed by atoms with Crippen molar-refractivity contribution in [1.29, 1.82) is 0 Å². The first kappa shape index (κ1) is 24.2. The highest BCUT2D eigenvalue weighted by Gasteiger charge is 2.35. The molecule has 0 unspecified atom stereocenters. The molecule has 0 radical (unpaired) electrons. The van der Waals surface area contributed by atoms with Crippen LogP contribution >= 0.6 is 23.5 Å². The Bertz CT molecular complexity index is 1370. The van der Waals surface area contributed by atoms with Crippen LogP contribution in [-0.4, -0.2) is 25.9 Å². The smallest absolute Gasteiger partial charge is 0.268 e. The predicted octanol–water partition coefficient (Wildman–Crippen LogP) is 6.20. The second-order valence-corrected chi connectivity index (χ2v) is 9.70. The van der Waals surface area contributed by atoms with E-state index in [0.29, 0.717) is 16.0 Å². The summed E-state index contributed by atoms with van der Waals surface area (Å²) in [5.74, 6) is -0.529. The van der Waals surface area contributed by atoms with Crippen molar-refractivity contribution in [2.24, 2.45) is 0 Å². The summed E-state index contributed by atoms with van der Waals surface area (Å²) in [7, 11) is 0.